The molecule has 0 aliphatic rings. The van der Waals surface area contributed by atoms with Gasteiger partial charge in [-0.1, -0.05) is 26.0 Å². The van der Waals surface area contributed by atoms with Crippen LogP contribution in [-0.2, 0) is 19.8 Å². The summed E-state index contributed by atoms with van der Waals surface area (Å²) in [6.07, 6.45) is -3.15. The van der Waals surface area contributed by atoms with Crippen molar-refractivity contribution in [3.05, 3.63) is 47.3 Å². The summed E-state index contributed by atoms with van der Waals surface area (Å²) in [6, 6.07) is 7.60. The van der Waals surface area contributed by atoms with E-state index in [4.69, 9.17) is 4.74 Å². The normalized spacial score (nSPS) is 13.5. The van der Waals surface area contributed by atoms with Crippen molar-refractivity contribution in [1.29, 1.82) is 0 Å². The third-order valence-corrected chi connectivity index (χ3v) is 4.16. The first-order chi connectivity index (χ1) is 13.6. The van der Waals surface area contributed by atoms with Crippen LogP contribution >= 0.6 is 0 Å². The van der Waals surface area contributed by atoms with E-state index in [0.717, 1.165) is 16.0 Å². The molecule has 0 aliphatic carbocycles. The minimum Gasteiger partial charge on any atom is -0.493 e. The van der Waals surface area contributed by atoms with E-state index in [1.54, 1.807) is 7.05 Å². The van der Waals surface area contributed by atoms with Gasteiger partial charge in [-0.15, -0.1) is 0 Å². The number of aliphatic imine (C=N–C) groups is 1. The summed E-state index contributed by atoms with van der Waals surface area (Å²) in [5.41, 5.74) is 0.164. The van der Waals surface area contributed by atoms with Crippen molar-refractivity contribution in [2.24, 2.45) is 18.0 Å². The highest BCUT2D eigenvalue weighted by molar-refractivity contribution is 5.80. The molecule has 0 saturated carbocycles. The topological polar surface area (TPSA) is 63.5 Å². The summed E-state index contributed by atoms with van der Waals surface area (Å²) in [4.78, 5) is 4.09. The van der Waals surface area contributed by atoms with Crippen LogP contribution in [0.2, 0.25) is 0 Å². The van der Waals surface area contributed by atoms with E-state index >= 15 is 0 Å². The monoisotopic (exact) mass is 411 g/mol. The zero-order valence-corrected chi connectivity index (χ0v) is 17.3. The van der Waals surface area contributed by atoms with Gasteiger partial charge < -0.3 is 15.4 Å². The standard InChI is InChI=1S/C20H28F3N5O/c1-13(2)12-29-17-8-6-15(7-9-17)14(3)26-19(24-4)25-10-16-11-28(5)27-18(16)20(21,22)23/h6-9,11,13-14H,10,12H2,1-5H3,(H2,24,25,26). The number of nitrogens with zero attached hydrogens (tertiary/aromatic N) is 3. The third-order valence-electron chi connectivity index (χ3n) is 4.16. The van der Waals surface area contributed by atoms with Crippen LogP contribution in [0.5, 0.6) is 5.75 Å². The fourth-order valence-electron chi connectivity index (χ4n) is 2.68. The number of rotatable bonds is 7. The van der Waals surface area contributed by atoms with Crippen molar-refractivity contribution < 1.29 is 17.9 Å². The minimum absolute atomic E-state index is 0.0446. The summed E-state index contributed by atoms with van der Waals surface area (Å²) >= 11 is 0. The van der Waals surface area contributed by atoms with Crippen molar-refractivity contribution in [1.82, 2.24) is 20.4 Å². The van der Waals surface area contributed by atoms with Gasteiger partial charge in [0.25, 0.3) is 0 Å². The SMILES string of the molecule is CN=C(NCc1cn(C)nc1C(F)(F)F)NC(C)c1ccc(OCC(C)C)cc1. The molecule has 0 saturated heterocycles. The second-order valence-corrected chi connectivity index (χ2v) is 7.24. The van der Waals surface area contributed by atoms with Gasteiger partial charge in [-0.3, -0.25) is 9.67 Å². The fourth-order valence-corrected chi connectivity index (χ4v) is 2.68. The number of alkyl halides is 3. The Morgan fingerprint density at radius 3 is 2.41 bits per heavy atom. The molecule has 6 nitrogen and oxygen atoms in total. The number of benzene rings is 1. The zero-order valence-electron chi connectivity index (χ0n) is 17.3. The summed E-state index contributed by atoms with van der Waals surface area (Å²) in [5.74, 6) is 1.64. The molecule has 0 aliphatic heterocycles. The van der Waals surface area contributed by atoms with E-state index in [-0.39, 0.29) is 18.2 Å². The Morgan fingerprint density at radius 1 is 1.21 bits per heavy atom. The Balaban J connectivity index is 1.96. The van der Waals surface area contributed by atoms with Crippen molar-refractivity contribution in [2.45, 2.75) is 39.5 Å². The first-order valence-corrected chi connectivity index (χ1v) is 9.39. The number of guanidine groups is 1. The number of hydrogen-bond acceptors (Lipinski definition) is 3. The molecule has 160 valence electrons. The Morgan fingerprint density at radius 2 is 1.86 bits per heavy atom. The van der Waals surface area contributed by atoms with Gasteiger partial charge in [0.2, 0.25) is 0 Å². The first kappa shape index (κ1) is 22.6. The van der Waals surface area contributed by atoms with Crippen molar-refractivity contribution in [3.63, 3.8) is 0 Å². The lowest BCUT2D eigenvalue weighted by atomic mass is 10.1. The molecule has 0 radical (unpaired) electrons. The molecule has 0 fully saturated rings. The Bertz CT molecular complexity index is 813. The molecular weight excluding hydrogens is 383 g/mol. The van der Waals surface area contributed by atoms with Crippen molar-refractivity contribution in [3.8, 4) is 5.75 Å². The molecule has 1 unspecified atom stereocenters. The van der Waals surface area contributed by atoms with E-state index in [9.17, 15) is 13.2 Å². The average Bonchev–Trinajstić information content (AvgIpc) is 3.04. The van der Waals surface area contributed by atoms with Gasteiger partial charge in [-0.05, 0) is 30.5 Å². The quantitative estimate of drug-likeness (QED) is 0.536. The zero-order chi connectivity index (χ0) is 21.6. The van der Waals surface area contributed by atoms with Gasteiger partial charge in [-0.2, -0.15) is 18.3 Å². The molecule has 29 heavy (non-hydrogen) atoms. The highest BCUT2D eigenvalue weighted by Gasteiger charge is 2.36. The molecule has 1 aromatic heterocycles. The molecule has 1 aromatic carbocycles. The molecule has 1 heterocycles. The number of aryl methyl sites for hydroxylation is 1. The Kier molecular flexibility index (Phi) is 7.53. The van der Waals surface area contributed by atoms with Gasteiger partial charge in [0, 0.05) is 32.4 Å². The van der Waals surface area contributed by atoms with Gasteiger partial charge in [0.05, 0.1) is 12.6 Å². The molecule has 2 rings (SSSR count). The lowest BCUT2D eigenvalue weighted by molar-refractivity contribution is -0.142. The molecule has 0 spiro atoms. The highest BCUT2D eigenvalue weighted by atomic mass is 19.4. The summed E-state index contributed by atoms with van der Waals surface area (Å²) in [5, 5.41) is 9.60. The van der Waals surface area contributed by atoms with E-state index in [2.05, 4.69) is 34.6 Å². The second kappa shape index (κ2) is 9.67. The number of halogens is 3. The minimum atomic E-state index is -4.50. The molecule has 9 heteroatoms. The van der Waals surface area contributed by atoms with E-state index in [1.807, 2.05) is 31.2 Å². The number of nitrogens with one attached hydrogen (secondary N) is 2. The lowest BCUT2D eigenvalue weighted by Crippen LogP contribution is -2.38. The maximum Gasteiger partial charge on any atom is 0.435 e. The smallest absolute Gasteiger partial charge is 0.435 e. The first-order valence-electron chi connectivity index (χ1n) is 9.39. The maximum absolute atomic E-state index is 13.1. The van der Waals surface area contributed by atoms with Crippen LogP contribution in [0, 0.1) is 5.92 Å². The number of ether oxygens (including phenoxy) is 1. The lowest BCUT2D eigenvalue weighted by Gasteiger charge is -2.19. The van der Waals surface area contributed by atoms with Crippen LogP contribution < -0.4 is 15.4 Å². The van der Waals surface area contributed by atoms with Crippen LogP contribution in [0.4, 0.5) is 13.2 Å². The summed E-state index contributed by atoms with van der Waals surface area (Å²) in [6.45, 7) is 6.72. The molecular formula is C20H28F3N5O. The number of hydrogen-bond donors (Lipinski definition) is 2. The van der Waals surface area contributed by atoms with E-state index in [0.29, 0.717) is 18.5 Å². The van der Waals surface area contributed by atoms with Crippen molar-refractivity contribution >= 4 is 5.96 Å². The highest BCUT2D eigenvalue weighted by Crippen LogP contribution is 2.30. The maximum atomic E-state index is 13.1. The van der Waals surface area contributed by atoms with Gasteiger partial charge >= 0.3 is 6.18 Å². The van der Waals surface area contributed by atoms with Crippen LogP contribution in [0.25, 0.3) is 0 Å². The van der Waals surface area contributed by atoms with E-state index < -0.39 is 11.9 Å². The molecule has 0 amide bonds. The Hall–Kier alpha value is -2.71. The largest absolute Gasteiger partial charge is 0.493 e. The number of aromatic nitrogens is 2. The Labute approximate surface area is 169 Å². The predicted molar refractivity (Wildman–Crippen MR) is 107 cm³/mol. The summed E-state index contributed by atoms with van der Waals surface area (Å²) in [7, 11) is 3.03. The molecule has 2 N–H and O–H groups in total. The van der Waals surface area contributed by atoms with Crippen LogP contribution in [0.15, 0.2) is 35.5 Å². The molecule has 1 atom stereocenters. The van der Waals surface area contributed by atoms with Gasteiger partial charge in [0.15, 0.2) is 11.7 Å². The molecule has 0 bridgehead atoms. The third kappa shape index (κ3) is 6.69. The molecule has 2 aromatic rings. The second-order valence-electron chi connectivity index (χ2n) is 7.24. The van der Waals surface area contributed by atoms with Gasteiger partial charge in [-0.25, -0.2) is 0 Å². The van der Waals surface area contributed by atoms with Crippen LogP contribution in [0.1, 0.15) is 43.6 Å². The summed E-state index contributed by atoms with van der Waals surface area (Å²) < 4.78 is 46.0. The fraction of sp³-hybridized carbons (Fsp3) is 0.500. The average molecular weight is 411 g/mol. The van der Waals surface area contributed by atoms with Crippen LogP contribution in [0.3, 0.4) is 0 Å². The van der Waals surface area contributed by atoms with E-state index in [1.165, 1.54) is 13.2 Å². The van der Waals surface area contributed by atoms with Crippen LogP contribution in [-0.4, -0.2) is 29.4 Å². The van der Waals surface area contributed by atoms with Gasteiger partial charge in [0.1, 0.15) is 5.75 Å². The van der Waals surface area contributed by atoms with Crippen molar-refractivity contribution in [2.75, 3.05) is 13.7 Å². The predicted octanol–water partition coefficient (Wildman–Crippen LogP) is 3.90.